The topological polar surface area (TPSA) is 163 Å². The Morgan fingerprint density at radius 2 is 1.16 bits per heavy atom. The summed E-state index contributed by atoms with van der Waals surface area (Å²) in [6.07, 6.45) is 0. The average Bonchev–Trinajstić information content (AvgIpc) is 2.41. The van der Waals surface area contributed by atoms with Crippen LogP contribution >= 0.6 is 0 Å². The summed E-state index contributed by atoms with van der Waals surface area (Å²) in [5.74, 6) is 0. The van der Waals surface area contributed by atoms with Crippen molar-refractivity contribution >= 4 is 46.7 Å². The predicted molar refractivity (Wildman–Crippen MR) is 88.1 cm³/mol. The van der Waals surface area contributed by atoms with E-state index in [-0.39, 0.29) is 16.3 Å². The standard InChI is InChI=1S/C13H12O9S3/c1-7(2)10-8-5-3-4-6-9(8)11(23(14,15)16)13(25(20,21)22)12(10)24(17,18)19/h3-6H,1H2,2H3,(H,14,15,16)(H,17,18,19)(H,20,21,22). The molecule has 0 fully saturated rings. The Balaban J connectivity index is 3.52. The second-order valence-corrected chi connectivity index (χ2v) is 9.19. The minimum atomic E-state index is -5.50. The average molecular weight is 408 g/mol. The van der Waals surface area contributed by atoms with Gasteiger partial charge >= 0.3 is 0 Å². The molecular weight excluding hydrogens is 396 g/mol. The molecule has 2 aromatic carbocycles. The van der Waals surface area contributed by atoms with Crippen LogP contribution in [0.25, 0.3) is 16.3 Å². The lowest BCUT2D eigenvalue weighted by molar-refractivity contribution is 0.457. The third-order valence-electron chi connectivity index (χ3n) is 3.28. The molecule has 9 nitrogen and oxygen atoms in total. The van der Waals surface area contributed by atoms with Crippen molar-refractivity contribution in [1.82, 2.24) is 0 Å². The van der Waals surface area contributed by atoms with Crippen LogP contribution in [0.5, 0.6) is 0 Å². The van der Waals surface area contributed by atoms with Crippen molar-refractivity contribution in [3.8, 4) is 0 Å². The molecule has 0 spiro atoms. The van der Waals surface area contributed by atoms with Crippen LogP contribution in [0, 0.1) is 0 Å². The highest BCUT2D eigenvalue weighted by Crippen LogP contribution is 2.41. The van der Waals surface area contributed by atoms with Gasteiger partial charge < -0.3 is 0 Å². The van der Waals surface area contributed by atoms with Crippen LogP contribution in [0.15, 0.2) is 45.5 Å². The first-order valence-corrected chi connectivity index (χ1v) is 10.7. The van der Waals surface area contributed by atoms with E-state index in [1.807, 2.05) is 0 Å². The predicted octanol–water partition coefficient (Wildman–Crippen LogP) is 1.61. The van der Waals surface area contributed by atoms with Crippen LogP contribution in [0.4, 0.5) is 0 Å². The van der Waals surface area contributed by atoms with Gasteiger partial charge in [-0.2, -0.15) is 25.3 Å². The van der Waals surface area contributed by atoms with Gasteiger partial charge in [0.1, 0.15) is 14.7 Å². The van der Waals surface area contributed by atoms with Crippen LogP contribution in [0.3, 0.4) is 0 Å². The molecule has 0 aliphatic rings. The van der Waals surface area contributed by atoms with E-state index in [2.05, 4.69) is 6.58 Å². The first-order chi connectivity index (χ1) is 11.2. The Morgan fingerprint density at radius 3 is 1.52 bits per heavy atom. The second kappa shape index (κ2) is 5.86. The summed E-state index contributed by atoms with van der Waals surface area (Å²) in [4.78, 5) is -4.38. The molecule has 0 atom stereocenters. The Kier molecular flexibility index (Phi) is 4.57. The van der Waals surface area contributed by atoms with Gasteiger partial charge in [-0.3, -0.25) is 13.7 Å². The maximum Gasteiger partial charge on any atom is 0.297 e. The second-order valence-electron chi connectivity index (χ2n) is 5.11. The molecule has 2 rings (SSSR count). The van der Waals surface area contributed by atoms with Gasteiger partial charge in [-0.25, -0.2) is 0 Å². The van der Waals surface area contributed by atoms with Gasteiger partial charge in [-0.15, -0.1) is 0 Å². The molecule has 0 saturated heterocycles. The summed E-state index contributed by atoms with van der Waals surface area (Å²) < 4.78 is 99.0. The van der Waals surface area contributed by atoms with Gasteiger partial charge in [-0.05, 0) is 17.9 Å². The van der Waals surface area contributed by atoms with Crippen LogP contribution in [0.2, 0.25) is 0 Å². The maximum absolute atomic E-state index is 11.8. The molecular formula is C13H12O9S3. The molecule has 12 heteroatoms. The normalized spacial score (nSPS) is 13.1. The van der Waals surface area contributed by atoms with Crippen molar-refractivity contribution in [1.29, 1.82) is 0 Å². The van der Waals surface area contributed by atoms with E-state index in [0.717, 1.165) is 6.07 Å². The quantitative estimate of drug-likeness (QED) is 0.638. The van der Waals surface area contributed by atoms with Crippen LogP contribution < -0.4 is 0 Å². The number of benzene rings is 2. The van der Waals surface area contributed by atoms with Crippen LogP contribution in [0.1, 0.15) is 12.5 Å². The van der Waals surface area contributed by atoms with Crippen LogP contribution in [-0.4, -0.2) is 38.9 Å². The molecule has 0 amide bonds. The van der Waals surface area contributed by atoms with Crippen molar-refractivity contribution in [2.75, 3.05) is 0 Å². The molecule has 0 saturated carbocycles. The van der Waals surface area contributed by atoms with Crippen molar-refractivity contribution in [3.05, 3.63) is 36.4 Å². The fraction of sp³-hybridized carbons (Fsp3) is 0.0769. The number of rotatable bonds is 4. The van der Waals surface area contributed by atoms with E-state index in [9.17, 15) is 38.9 Å². The zero-order valence-corrected chi connectivity index (χ0v) is 15.0. The molecule has 0 radical (unpaired) electrons. The Morgan fingerprint density at radius 1 is 0.760 bits per heavy atom. The van der Waals surface area contributed by atoms with Crippen molar-refractivity contribution in [2.24, 2.45) is 0 Å². The molecule has 0 unspecified atom stereocenters. The van der Waals surface area contributed by atoms with Crippen LogP contribution in [-0.2, 0) is 30.4 Å². The minimum absolute atomic E-state index is 0.0318. The van der Waals surface area contributed by atoms with Gasteiger partial charge in [0.2, 0.25) is 0 Å². The lowest BCUT2D eigenvalue weighted by Crippen LogP contribution is -2.17. The van der Waals surface area contributed by atoms with E-state index in [4.69, 9.17) is 0 Å². The largest absolute Gasteiger partial charge is 0.297 e. The maximum atomic E-state index is 11.8. The lowest BCUT2D eigenvalue weighted by Gasteiger charge is -2.18. The van der Waals surface area contributed by atoms with E-state index in [1.165, 1.54) is 25.1 Å². The molecule has 0 bridgehead atoms. The molecule has 2 aromatic rings. The third kappa shape index (κ3) is 3.44. The molecule has 0 heterocycles. The molecule has 25 heavy (non-hydrogen) atoms. The first-order valence-electron chi connectivity index (χ1n) is 6.34. The summed E-state index contributed by atoms with van der Waals surface area (Å²) in [6, 6.07) is 5.05. The highest BCUT2D eigenvalue weighted by atomic mass is 32.2. The van der Waals surface area contributed by atoms with Gasteiger partial charge in [0.15, 0.2) is 0 Å². The molecule has 136 valence electrons. The SMILES string of the molecule is C=C(C)c1c(S(=O)(=O)O)c(S(=O)(=O)O)c(S(=O)(=O)O)c2ccccc12. The Bertz CT molecular complexity index is 1220. The fourth-order valence-electron chi connectivity index (χ4n) is 2.52. The summed E-state index contributed by atoms with van der Waals surface area (Å²) in [7, 11) is -16.2. The van der Waals surface area contributed by atoms with Crippen molar-refractivity contribution < 1.29 is 38.9 Å². The van der Waals surface area contributed by atoms with Gasteiger partial charge in [0, 0.05) is 10.9 Å². The summed E-state index contributed by atoms with van der Waals surface area (Å²) in [5, 5.41) is -0.481. The number of hydrogen-bond donors (Lipinski definition) is 3. The van der Waals surface area contributed by atoms with Crippen molar-refractivity contribution in [3.63, 3.8) is 0 Å². The summed E-state index contributed by atoms with van der Waals surface area (Å²) in [6.45, 7) is 4.79. The van der Waals surface area contributed by atoms with E-state index in [1.54, 1.807) is 0 Å². The Hall–Kier alpha value is -1.83. The monoisotopic (exact) mass is 408 g/mol. The van der Waals surface area contributed by atoms with E-state index >= 15 is 0 Å². The van der Waals surface area contributed by atoms with E-state index < -0.39 is 50.6 Å². The highest BCUT2D eigenvalue weighted by Gasteiger charge is 2.37. The minimum Gasteiger partial charge on any atom is -0.282 e. The molecule has 0 aliphatic heterocycles. The van der Waals surface area contributed by atoms with E-state index in [0.29, 0.717) is 0 Å². The smallest absolute Gasteiger partial charge is 0.282 e. The summed E-state index contributed by atoms with van der Waals surface area (Å²) in [5.41, 5.74) is -0.436. The van der Waals surface area contributed by atoms with Crippen molar-refractivity contribution in [2.45, 2.75) is 21.6 Å². The zero-order valence-electron chi connectivity index (χ0n) is 12.5. The number of allylic oxidation sites excluding steroid dienone is 1. The zero-order chi connectivity index (χ0) is 19.4. The van der Waals surface area contributed by atoms with Gasteiger partial charge in [0.25, 0.3) is 30.4 Å². The third-order valence-corrected chi connectivity index (χ3v) is 6.33. The molecule has 0 aliphatic carbocycles. The first kappa shape index (κ1) is 19.5. The van der Waals surface area contributed by atoms with Gasteiger partial charge in [0.05, 0.1) is 0 Å². The van der Waals surface area contributed by atoms with Gasteiger partial charge in [-0.1, -0.05) is 30.8 Å². The molecule has 0 aromatic heterocycles. The lowest BCUT2D eigenvalue weighted by atomic mass is 10.00. The highest BCUT2D eigenvalue weighted by molar-refractivity contribution is 7.90. The summed E-state index contributed by atoms with van der Waals surface area (Å²) >= 11 is 0. The Labute approximate surface area is 143 Å². The molecule has 3 N–H and O–H groups in total. The number of hydrogen-bond acceptors (Lipinski definition) is 6. The fourth-order valence-corrected chi connectivity index (χ4v) is 6.20. The number of fused-ring (bicyclic) bond motifs is 1.